The van der Waals surface area contributed by atoms with Crippen LogP contribution in [0.5, 0.6) is 5.75 Å². The molecule has 144 valence electrons. The Balaban J connectivity index is 1.81. The zero-order chi connectivity index (χ0) is 19.6. The Kier molecular flexibility index (Phi) is 8.14. The molecule has 0 aliphatic carbocycles. The summed E-state index contributed by atoms with van der Waals surface area (Å²) in [6.07, 6.45) is 2.98. The van der Waals surface area contributed by atoms with Crippen molar-refractivity contribution in [3.05, 3.63) is 58.6 Å². The van der Waals surface area contributed by atoms with Crippen molar-refractivity contribution in [3.63, 3.8) is 0 Å². The van der Waals surface area contributed by atoms with Crippen LogP contribution >= 0.6 is 11.6 Å². The number of hydrogen-bond acceptors (Lipinski definition) is 4. The standard InChI is InChI=1S/C21H24ClNO4/c1-3-4-5-12-26-21(25)16-6-9-18(10-7-16)23-20(24)14-27-19-11-8-17(22)13-15(19)2/h6-11,13H,3-5,12,14H2,1-2H3,(H,23,24). The van der Waals surface area contributed by atoms with E-state index in [-0.39, 0.29) is 18.5 Å². The SMILES string of the molecule is CCCCCOC(=O)c1ccc(NC(=O)COc2ccc(Cl)cc2C)cc1. The smallest absolute Gasteiger partial charge is 0.338 e. The highest BCUT2D eigenvalue weighted by Crippen LogP contribution is 2.21. The second kappa shape index (κ2) is 10.6. The van der Waals surface area contributed by atoms with Crippen LogP contribution < -0.4 is 10.1 Å². The quantitative estimate of drug-likeness (QED) is 0.483. The topological polar surface area (TPSA) is 64.6 Å². The molecule has 0 saturated heterocycles. The van der Waals surface area contributed by atoms with Crippen LogP contribution in [-0.2, 0) is 9.53 Å². The van der Waals surface area contributed by atoms with Crippen LogP contribution in [0.2, 0.25) is 5.02 Å². The summed E-state index contributed by atoms with van der Waals surface area (Å²) in [7, 11) is 0. The van der Waals surface area contributed by atoms with Gasteiger partial charge in [0.2, 0.25) is 0 Å². The van der Waals surface area contributed by atoms with Crippen molar-refractivity contribution in [2.45, 2.75) is 33.1 Å². The van der Waals surface area contributed by atoms with Gasteiger partial charge >= 0.3 is 5.97 Å². The zero-order valence-corrected chi connectivity index (χ0v) is 16.3. The number of ether oxygens (including phenoxy) is 2. The van der Waals surface area contributed by atoms with E-state index < -0.39 is 0 Å². The summed E-state index contributed by atoms with van der Waals surface area (Å²) < 4.78 is 10.7. The van der Waals surface area contributed by atoms with Crippen molar-refractivity contribution >= 4 is 29.2 Å². The molecule has 0 atom stereocenters. The fourth-order valence-corrected chi connectivity index (χ4v) is 2.63. The Morgan fingerprint density at radius 3 is 2.48 bits per heavy atom. The highest BCUT2D eigenvalue weighted by atomic mass is 35.5. The molecule has 0 fully saturated rings. The molecule has 0 aromatic heterocycles. The number of carbonyl (C=O) groups is 2. The monoisotopic (exact) mass is 389 g/mol. The first-order valence-electron chi connectivity index (χ1n) is 8.95. The van der Waals surface area contributed by atoms with E-state index in [0.29, 0.717) is 28.6 Å². The van der Waals surface area contributed by atoms with Crippen LogP contribution in [0.4, 0.5) is 5.69 Å². The maximum absolute atomic E-state index is 12.0. The molecule has 0 saturated carbocycles. The molecule has 0 bridgehead atoms. The first-order valence-corrected chi connectivity index (χ1v) is 9.33. The highest BCUT2D eigenvalue weighted by Gasteiger charge is 2.09. The summed E-state index contributed by atoms with van der Waals surface area (Å²) in [4.78, 5) is 23.9. The van der Waals surface area contributed by atoms with Crippen molar-refractivity contribution in [1.82, 2.24) is 0 Å². The molecule has 0 spiro atoms. The Morgan fingerprint density at radius 1 is 1.07 bits per heavy atom. The average molecular weight is 390 g/mol. The van der Waals surface area contributed by atoms with Crippen molar-refractivity contribution in [3.8, 4) is 5.75 Å². The molecular formula is C21H24ClNO4. The molecule has 1 N–H and O–H groups in total. The Morgan fingerprint density at radius 2 is 1.81 bits per heavy atom. The largest absolute Gasteiger partial charge is 0.483 e. The Labute approximate surface area is 164 Å². The number of esters is 1. The number of nitrogens with one attached hydrogen (secondary N) is 1. The van der Waals surface area contributed by atoms with Crippen LogP contribution in [0.15, 0.2) is 42.5 Å². The molecule has 0 aliphatic heterocycles. The van der Waals surface area contributed by atoms with Gasteiger partial charge in [0.15, 0.2) is 6.61 Å². The van der Waals surface area contributed by atoms with Gasteiger partial charge in [-0.25, -0.2) is 4.79 Å². The third-order valence-corrected chi connectivity index (χ3v) is 4.12. The molecule has 2 aromatic carbocycles. The van der Waals surface area contributed by atoms with Gasteiger partial charge in [0, 0.05) is 10.7 Å². The van der Waals surface area contributed by atoms with Gasteiger partial charge in [0.1, 0.15) is 5.75 Å². The number of rotatable bonds is 9. The minimum Gasteiger partial charge on any atom is -0.483 e. The van der Waals surface area contributed by atoms with E-state index in [1.165, 1.54) is 0 Å². The molecule has 0 aliphatic rings. The number of carbonyl (C=O) groups excluding carboxylic acids is 2. The van der Waals surface area contributed by atoms with Crippen LogP contribution in [0, 0.1) is 6.92 Å². The molecule has 27 heavy (non-hydrogen) atoms. The lowest BCUT2D eigenvalue weighted by Crippen LogP contribution is -2.20. The predicted molar refractivity (Wildman–Crippen MR) is 107 cm³/mol. The van der Waals surface area contributed by atoms with E-state index in [2.05, 4.69) is 12.2 Å². The Bertz CT molecular complexity index is 774. The third kappa shape index (κ3) is 6.94. The van der Waals surface area contributed by atoms with Crippen LogP contribution in [0.25, 0.3) is 0 Å². The normalized spacial score (nSPS) is 10.3. The number of hydrogen-bond donors (Lipinski definition) is 1. The van der Waals surface area contributed by atoms with Gasteiger partial charge in [0.25, 0.3) is 5.91 Å². The molecule has 1 amide bonds. The van der Waals surface area contributed by atoms with E-state index in [9.17, 15) is 9.59 Å². The minimum atomic E-state index is -0.356. The lowest BCUT2D eigenvalue weighted by atomic mass is 10.2. The van der Waals surface area contributed by atoms with Gasteiger partial charge in [-0.05, 0) is 61.4 Å². The van der Waals surface area contributed by atoms with E-state index in [1.807, 2.05) is 6.92 Å². The number of aryl methyl sites for hydroxylation is 1. The van der Waals surface area contributed by atoms with E-state index in [1.54, 1.807) is 42.5 Å². The first-order chi connectivity index (χ1) is 13.0. The molecule has 0 unspecified atom stereocenters. The number of unbranched alkanes of at least 4 members (excludes halogenated alkanes) is 2. The summed E-state index contributed by atoms with van der Waals surface area (Å²) in [5, 5.41) is 3.35. The molecule has 6 heteroatoms. The molecule has 0 radical (unpaired) electrons. The van der Waals surface area contributed by atoms with E-state index in [0.717, 1.165) is 24.8 Å². The fraction of sp³-hybridized carbons (Fsp3) is 0.333. The third-order valence-electron chi connectivity index (χ3n) is 3.88. The zero-order valence-electron chi connectivity index (χ0n) is 15.6. The highest BCUT2D eigenvalue weighted by molar-refractivity contribution is 6.30. The van der Waals surface area contributed by atoms with Crippen molar-refractivity contribution in [2.75, 3.05) is 18.5 Å². The Hall–Kier alpha value is -2.53. The van der Waals surface area contributed by atoms with Gasteiger partial charge in [0.05, 0.1) is 12.2 Å². The fourth-order valence-electron chi connectivity index (χ4n) is 2.41. The summed E-state index contributed by atoms with van der Waals surface area (Å²) in [5.74, 6) is -0.0412. The van der Waals surface area contributed by atoms with Gasteiger partial charge < -0.3 is 14.8 Å². The lowest BCUT2D eigenvalue weighted by Gasteiger charge is -2.10. The van der Waals surface area contributed by atoms with Crippen LogP contribution in [0.3, 0.4) is 0 Å². The molecular weight excluding hydrogens is 366 g/mol. The summed E-state index contributed by atoms with van der Waals surface area (Å²) in [5.41, 5.74) is 1.90. The summed E-state index contributed by atoms with van der Waals surface area (Å²) >= 11 is 5.90. The van der Waals surface area contributed by atoms with Gasteiger partial charge in [-0.2, -0.15) is 0 Å². The van der Waals surface area contributed by atoms with Crippen LogP contribution in [-0.4, -0.2) is 25.1 Å². The summed E-state index contributed by atoms with van der Waals surface area (Å²) in [6, 6.07) is 11.8. The minimum absolute atomic E-state index is 0.121. The van der Waals surface area contributed by atoms with Gasteiger partial charge in [-0.3, -0.25) is 4.79 Å². The molecule has 2 rings (SSSR count). The summed E-state index contributed by atoms with van der Waals surface area (Å²) in [6.45, 7) is 4.26. The number of benzene rings is 2. The molecule has 5 nitrogen and oxygen atoms in total. The number of amides is 1. The van der Waals surface area contributed by atoms with Gasteiger partial charge in [-0.1, -0.05) is 31.4 Å². The second-order valence-electron chi connectivity index (χ2n) is 6.17. The maximum atomic E-state index is 12.0. The van der Waals surface area contributed by atoms with Crippen molar-refractivity contribution < 1.29 is 19.1 Å². The second-order valence-corrected chi connectivity index (χ2v) is 6.60. The number of halogens is 1. The molecule has 2 aromatic rings. The number of anilines is 1. The first kappa shape index (κ1) is 20.8. The average Bonchev–Trinajstić information content (AvgIpc) is 2.65. The van der Waals surface area contributed by atoms with Crippen LogP contribution in [0.1, 0.15) is 42.1 Å². The van der Waals surface area contributed by atoms with E-state index in [4.69, 9.17) is 21.1 Å². The van der Waals surface area contributed by atoms with E-state index >= 15 is 0 Å². The predicted octanol–water partition coefficient (Wildman–Crippen LogP) is 5.01. The lowest BCUT2D eigenvalue weighted by molar-refractivity contribution is -0.118. The van der Waals surface area contributed by atoms with Crippen molar-refractivity contribution in [1.29, 1.82) is 0 Å². The maximum Gasteiger partial charge on any atom is 0.338 e. The van der Waals surface area contributed by atoms with Crippen molar-refractivity contribution in [2.24, 2.45) is 0 Å². The van der Waals surface area contributed by atoms with Gasteiger partial charge in [-0.15, -0.1) is 0 Å². The molecule has 0 heterocycles.